The third-order valence-electron chi connectivity index (χ3n) is 4.95. The highest BCUT2D eigenvalue weighted by molar-refractivity contribution is 9.10. The molecule has 0 radical (unpaired) electrons. The minimum Gasteiger partial charge on any atom is -0.382 e. The Morgan fingerprint density at radius 1 is 0.963 bits per heavy atom. The summed E-state index contributed by atoms with van der Waals surface area (Å²) in [6.07, 6.45) is 0.855. The van der Waals surface area contributed by atoms with Gasteiger partial charge < -0.3 is 10.2 Å². The summed E-state index contributed by atoms with van der Waals surface area (Å²) >= 11 is 3.45. The highest BCUT2D eigenvalue weighted by Gasteiger charge is 2.33. The summed E-state index contributed by atoms with van der Waals surface area (Å²) in [5, 5.41) is 3.54. The lowest BCUT2D eigenvalue weighted by Gasteiger charge is -2.39. The van der Waals surface area contributed by atoms with Crippen molar-refractivity contribution < 1.29 is 4.79 Å². The molecule has 4 heteroatoms. The Labute approximate surface area is 168 Å². The maximum Gasteiger partial charge on any atom is 0.258 e. The Morgan fingerprint density at radius 2 is 1.63 bits per heavy atom. The van der Waals surface area contributed by atoms with Gasteiger partial charge in [0.2, 0.25) is 0 Å². The number of benzene rings is 3. The molecule has 0 saturated heterocycles. The van der Waals surface area contributed by atoms with E-state index in [0.717, 1.165) is 27.8 Å². The highest BCUT2D eigenvalue weighted by atomic mass is 79.9. The minimum atomic E-state index is -0.0176. The van der Waals surface area contributed by atoms with E-state index in [1.54, 1.807) is 0 Å². The maximum absolute atomic E-state index is 13.6. The fourth-order valence-corrected chi connectivity index (χ4v) is 3.97. The van der Waals surface area contributed by atoms with E-state index in [0.29, 0.717) is 5.56 Å². The molecule has 27 heavy (non-hydrogen) atoms. The lowest BCUT2D eigenvalue weighted by molar-refractivity contribution is 0.0974. The Hall–Kier alpha value is -2.59. The first kappa shape index (κ1) is 17.8. The van der Waals surface area contributed by atoms with Gasteiger partial charge in [-0.3, -0.25) is 4.79 Å². The van der Waals surface area contributed by atoms with Crippen molar-refractivity contribution >= 4 is 33.2 Å². The van der Waals surface area contributed by atoms with E-state index in [2.05, 4.69) is 40.3 Å². The Morgan fingerprint density at radius 3 is 2.37 bits per heavy atom. The van der Waals surface area contributed by atoms with Crippen molar-refractivity contribution in [1.82, 2.24) is 0 Å². The van der Waals surface area contributed by atoms with Crippen LogP contribution in [0.5, 0.6) is 0 Å². The first-order valence-electron chi connectivity index (χ1n) is 9.13. The topological polar surface area (TPSA) is 32.3 Å². The number of anilines is 2. The second-order valence-electron chi connectivity index (χ2n) is 6.90. The van der Waals surface area contributed by atoms with Gasteiger partial charge in [0, 0.05) is 27.5 Å². The van der Waals surface area contributed by atoms with Crippen molar-refractivity contribution in [2.75, 3.05) is 10.2 Å². The smallest absolute Gasteiger partial charge is 0.258 e. The first-order chi connectivity index (χ1) is 13.1. The van der Waals surface area contributed by atoms with Crippen LogP contribution in [0, 0.1) is 0 Å². The molecule has 136 valence electrons. The number of para-hydroxylation sites is 2. The van der Waals surface area contributed by atoms with Gasteiger partial charge in [0.15, 0.2) is 0 Å². The van der Waals surface area contributed by atoms with E-state index in [1.165, 1.54) is 0 Å². The van der Waals surface area contributed by atoms with Gasteiger partial charge in [-0.2, -0.15) is 0 Å². The summed E-state index contributed by atoms with van der Waals surface area (Å²) in [7, 11) is 0. The number of hydrogen-bond donors (Lipinski definition) is 1. The summed E-state index contributed by atoms with van der Waals surface area (Å²) in [5.74, 6) is 0.0163. The van der Waals surface area contributed by atoms with Gasteiger partial charge in [0.05, 0.1) is 6.04 Å². The average Bonchev–Trinajstić information content (AvgIpc) is 2.69. The molecule has 2 unspecified atom stereocenters. The normalized spacial score (nSPS) is 18.3. The lowest BCUT2D eigenvalue weighted by Crippen LogP contribution is -2.40. The Balaban J connectivity index is 1.82. The number of rotatable bonds is 3. The van der Waals surface area contributed by atoms with Gasteiger partial charge in [0.1, 0.15) is 0 Å². The largest absolute Gasteiger partial charge is 0.382 e. The Kier molecular flexibility index (Phi) is 4.99. The fourth-order valence-electron chi connectivity index (χ4n) is 3.71. The molecular formula is C23H21BrN2O. The second-order valence-corrected chi connectivity index (χ2v) is 7.82. The third-order valence-corrected chi connectivity index (χ3v) is 5.48. The van der Waals surface area contributed by atoms with E-state index < -0.39 is 0 Å². The molecule has 0 aromatic heterocycles. The summed E-state index contributed by atoms with van der Waals surface area (Å²) in [4.78, 5) is 15.5. The van der Waals surface area contributed by atoms with Crippen molar-refractivity contribution in [3.8, 4) is 0 Å². The molecule has 4 rings (SSSR count). The van der Waals surface area contributed by atoms with E-state index in [9.17, 15) is 4.79 Å². The van der Waals surface area contributed by atoms with Crippen molar-refractivity contribution in [2.24, 2.45) is 0 Å². The summed E-state index contributed by atoms with van der Waals surface area (Å²) in [6.45, 7) is 2.16. The number of nitrogens with zero attached hydrogens (tertiary/aromatic N) is 1. The molecule has 1 amide bonds. The van der Waals surface area contributed by atoms with Crippen molar-refractivity contribution in [1.29, 1.82) is 0 Å². The van der Waals surface area contributed by atoms with E-state index >= 15 is 0 Å². The zero-order valence-electron chi connectivity index (χ0n) is 15.1. The van der Waals surface area contributed by atoms with Crippen LogP contribution in [0.4, 0.5) is 11.4 Å². The van der Waals surface area contributed by atoms with Gasteiger partial charge in [-0.15, -0.1) is 0 Å². The first-order valence-corrected chi connectivity index (χ1v) is 9.92. The van der Waals surface area contributed by atoms with Crippen molar-refractivity contribution in [3.05, 3.63) is 94.5 Å². The average molecular weight is 421 g/mol. The van der Waals surface area contributed by atoms with Crippen LogP contribution in [0.1, 0.15) is 35.3 Å². The number of halogens is 1. The van der Waals surface area contributed by atoms with Crippen LogP contribution in [-0.4, -0.2) is 11.9 Å². The SMILES string of the molecule is CC1CC(N(C(=O)c2ccc(Br)cc2)c2ccccc2)c2ccccc2N1. The number of hydrogen-bond acceptors (Lipinski definition) is 2. The maximum atomic E-state index is 13.6. The number of nitrogens with one attached hydrogen (secondary N) is 1. The molecule has 1 aliphatic rings. The van der Waals surface area contributed by atoms with Gasteiger partial charge in [-0.25, -0.2) is 0 Å². The quantitative estimate of drug-likeness (QED) is 0.559. The number of fused-ring (bicyclic) bond motifs is 1. The van der Waals surface area contributed by atoms with Crippen molar-refractivity contribution in [2.45, 2.75) is 25.4 Å². The molecule has 0 saturated carbocycles. The molecule has 1 aliphatic heterocycles. The van der Waals surface area contributed by atoms with Gasteiger partial charge in [-0.05, 0) is 61.4 Å². The van der Waals surface area contributed by atoms with Gasteiger partial charge in [-0.1, -0.05) is 52.3 Å². The van der Waals surface area contributed by atoms with Crippen LogP contribution in [0.25, 0.3) is 0 Å². The second kappa shape index (κ2) is 7.57. The third kappa shape index (κ3) is 3.62. The molecule has 0 spiro atoms. The Bertz CT molecular complexity index is 940. The monoisotopic (exact) mass is 420 g/mol. The minimum absolute atomic E-state index is 0.0163. The van der Waals surface area contributed by atoms with Crippen LogP contribution >= 0.6 is 15.9 Å². The lowest BCUT2D eigenvalue weighted by atomic mass is 9.91. The molecular weight excluding hydrogens is 400 g/mol. The highest BCUT2D eigenvalue weighted by Crippen LogP contribution is 2.39. The van der Waals surface area contributed by atoms with Crippen LogP contribution in [0.3, 0.4) is 0 Å². The zero-order chi connectivity index (χ0) is 18.8. The van der Waals surface area contributed by atoms with Crippen molar-refractivity contribution in [3.63, 3.8) is 0 Å². The number of carbonyl (C=O) groups is 1. The molecule has 0 fully saturated rings. The molecule has 3 aromatic carbocycles. The van der Waals surface area contributed by atoms with Crippen LogP contribution in [0.2, 0.25) is 0 Å². The fraction of sp³-hybridized carbons (Fsp3) is 0.174. The number of amides is 1. The summed E-state index contributed by atoms with van der Waals surface area (Å²) in [6, 6.07) is 26.1. The van der Waals surface area contributed by atoms with Gasteiger partial charge in [0.25, 0.3) is 5.91 Å². The molecule has 1 heterocycles. The molecule has 0 bridgehead atoms. The van der Waals surface area contributed by atoms with Gasteiger partial charge >= 0.3 is 0 Å². The standard InChI is InChI=1S/C23H21BrN2O/c1-16-15-22(20-9-5-6-10-21(20)25-16)26(19-7-3-2-4-8-19)23(27)17-11-13-18(24)14-12-17/h2-14,16,22,25H,15H2,1H3. The molecule has 2 atom stereocenters. The predicted octanol–water partition coefficient (Wildman–Crippen LogP) is 6.04. The summed E-state index contributed by atoms with van der Waals surface area (Å²) in [5.41, 5.74) is 3.86. The van der Waals surface area contributed by atoms with E-state index in [-0.39, 0.29) is 18.0 Å². The van der Waals surface area contributed by atoms with Crippen LogP contribution in [-0.2, 0) is 0 Å². The predicted molar refractivity (Wildman–Crippen MR) is 114 cm³/mol. The van der Waals surface area contributed by atoms with Crippen LogP contribution < -0.4 is 10.2 Å². The number of carbonyl (C=O) groups excluding carboxylic acids is 1. The van der Waals surface area contributed by atoms with E-state index in [4.69, 9.17) is 0 Å². The molecule has 0 aliphatic carbocycles. The zero-order valence-corrected chi connectivity index (χ0v) is 16.7. The molecule has 3 aromatic rings. The van der Waals surface area contributed by atoms with E-state index in [1.807, 2.05) is 71.6 Å². The molecule has 3 nitrogen and oxygen atoms in total. The summed E-state index contributed by atoms with van der Waals surface area (Å²) < 4.78 is 0.964. The molecule has 1 N–H and O–H groups in total. The van der Waals surface area contributed by atoms with Crippen LogP contribution in [0.15, 0.2) is 83.3 Å².